The summed E-state index contributed by atoms with van der Waals surface area (Å²) >= 11 is 0. The maximum atomic E-state index is 13.2. The number of anilines is 1. The van der Waals surface area contributed by atoms with Crippen molar-refractivity contribution in [2.75, 3.05) is 11.9 Å². The second-order valence-electron chi connectivity index (χ2n) is 7.58. The fourth-order valence-corrected chi connectivity index (χ4v) is 4.08. The number of nitrogens with one attached hydrogen (secondary N) is 2. The number of Topliss-reactive ketones (excluding diaryl/α,β-unsaturated/α-hetero) is 1. The second kappa shape index (κ2) is 7.84. The van der Waals surface area contributed by atoms with Gasteiger partial charge < -0.3 is 19.9 Å². The minimum atomic E-state index is -0.919. The van der Waals surface area contributed by atoms with Crippen molar-refractivity contribution in [3.8, 4) is 0 Å². The summed E-state index contributed by atoms with van der Waals surface area (Å²) < 4.78 is 5.12. The monoisotopic (exact) mass is 434 g/mol. The lowest BCUT2D eigenvalue weighted by Gasteiger charge is -2.22. The van der Waals surface area contributed by atoms with Crippen LogP contribution in [0.15, 0.2) is 46.5 Å². The highest BCUT2D eigenvalue weighted by molar-refractivity contribution is 6.51. The summed E-state index contributed by atoms with van der Waals surface area (Å²) in [5.74, 6) is -1.75. The van der Waals surface area contributed by atoms with Crippen LogP contribution in [0.2, 0.25) is 0 Å². The van der Waals surface area contributed by atoms with Gasteiger partial charge in [0.2, 0.25) is 0 Å². The molecule has 1 atom stereocenters. The van der Waals surface area contributed by atoms with E-state index in [9.17, 15) is 19.5 Å². The highest BCUT2D eigenvalue weighted by atomic mass is 16.5. The number of rotatable bonds is 4. The molecule has 1 fully saturated rings. The van der Waals surface area contributed by atoms with Crippen molar-refractivity contribution in [3.05, 3.63) is 75.8 Å². The van der Waals surface area contributed by atoms with Crippen LogP contribution in [0.3, 0.4) is 0 Å². The number of hydrogen-bond acceptors (Lipinski definition) is 6. The van der Waals surface area contributed by atoms with Crippen LogP contribution in [-0.4, -0.2) is 39.9 Å². The third-order valence-corrected chi connectivity index (χ3v) is 5.55. The number of hydrogen-bond donors (Lipinski definition) is 3. The molecule has 1 aromatic carbocycles. The number of aromatic amines is 1. The zero-order chi connectivity index (χ0) is 23.2. The van der Waals surface area contributed by atoms with Gasteiger partial charge in [-0.1, -0.05) is 35.5 Å². The fraction of sp³-hybridized carbons (Fsp3) is 0.217. The van der Waals surface area contributed by atoms with E-state index >= 15 is 0 Å². The van der Waals surface area contributed by atoms with E-state index in [1.807, 2.05) is 6.07 Å². The number of amides is 2. The van der Waals surface area contributed by atoms with Crippen LogP contribution in [0.5, 0.6) is 0 Å². The molecule has 3 N–H and O–H groups in total. The standard InChI is InChI=1S/C23H22N4O5/c1-11-10-15(26-32-11)27-19(14-8-6-5-7-9-14)17(21(29)23(27)31)20(28)16-12(2)18(22(30)24-4)25-13(16)3/h5-10,19,25,28H,1-4H3,(H,24,30)/b20-17+. The molecule has 32 heavy (non-hydrogen) atoms. The van der Waals surface area contributed by atoms with Gasteiger partial charge in [0.25, 0.3) is 11.7 Å². The Bertz CT molecular complexity index is 1270. The molecule has 1 aliphatic rings. The Morgan fingerprint density at radius 3 is 2.47 bits per heavy atom. The first-order chi connectivity index (χ1) is 15.3. The molecule has 0 bridgehead atoms. The Morgan fingerprint density at radius 1 is 1.19 bits per heavy atom. The molecule has 1 aliphatic heterocycles. The average Bonchev–Trinajstić information content (AvgIpc) is 3.42. The zero-order valence-electron chi connectivity index (χ0n) is 18.0. The van der Waals surface area contributed by atoms with Gasteiger partial charge in [-0.25, -0.2) is 0 Å². The first kappa shape index (κ1) is 21.1. The van der Waals surface area contributed by atoms with Crippen LogP contribution >= 0.6 is 0 Å². The zero-order valence-corrected chi connectivity index (χ0v) is 18.0. The van der Waals surface area contributed by atoms with Gasteiger partial charge in [0.05, 0.1) is 11.6 Å². The van der Waals surface area contributed by atoms with Crippen molar-refractivity contribution >= 4 is 29.2 Å². The largest absolute Gasteiger partial charge is 0.507 e. The molecular weight excluding hydrogens is 412 g/mol. The van der Waals surface area contributed by atoms with Gasteiger partial charge in [-0.3, -0.25) is 19.3 Å². The van der Waals surface area contributed by atoms with Crippen LogP contribution < -0.4 is 10.2 Å². The first-order valence-corrected chi connectivity index (χ1v) is 9.97. The Kier molecular flexibility index (Phi) is 5.17. The predicted octanol–water partition coefficient (Wildman–Crippen LogP) is 2.91. The van der Waals surface area contributed by atoms with E-state index in [0.29, 0.717) is 28.1 Å². The normalized spacial score (nSPS) is 17.8. The van der Waals surface area contributed by atoms with Gasteiger partial charge >= 0.3 is 5.91 Å². The number of H-pyrrole nitrogens is 1. The summed E-state index contributed by atoms with van der Waals surface area (Å²) in [6.07, 6.45) is 0. The van der Waals surface area contributed by atoms with Gasteiger partial charge in [-0.05, 0) is 31.9 Å². The summed E-state index contributed by atoms with van der Waals surface area (Å²) in [6.45, 7) is 5.03. The summed E-state index contributed by atoms with van der Waals surface area (Å²) in [5, 5.41) is 17.8. The first-order valence-electron chi connectivity index (χ1n) is 9.97. The molecule has 0 radical (unpaired) electrons. The molecule has 1 saturated heterocycles. The number of nitrogens with zero attached hydrogens (tertiary/aromatic N) is 2. The minimum absolute atomic E-state index is 0.0875. The van der Waals surface area contributed by atoms with Gasteiger partial charge in [-0.2, -0.15) is 0 Å². The smallest absolute Gasteiger partial charge is 0.301 e. The van der Waals surface area contributed by atoms with Crippen LogP contribution in [0.25, 0.3) is 5.76 Å². The number of carbonyl (C=O) groups excluding carboxylic acids is 3. The number of aliphatic hydroxyl groups excluding tert-OH is 1. The fourth-order valence-electron chi connectivity index (χ4n) is 4.08. The molecular formula is C23H22N4O5. The predicted molar refractivity (Wildman–Crippen MR) is 116 cm³/mol. The topological polar surface area (TPSA) is 129 Å². The van der Waals surface area contributed by atoms with Crippen LogP contribution in [0.4, 0.5) is 5.82 Å². The number of carbonyl (C=O) groups is 3. The Labute approximate surface area is 183 Å². The number of aryl methyl sites for hydroxylation is 2. The third-order valence-electron chi connectivity index (χ3n) is 5.55. The number of aliphatic hydroxyl groups is 1. The SMILES string of the molecule is CNC(=O)c1[nH]c(C)c(/C(O)=C2\C(=O)C(=O)N(c3cc(C)on3)C2c2ccccc2)c1C. The van der Waals surface area contributed by atoms with Gasteiger partial charge in [0.15, 0.2) is 5.82 Å². The van der Waals surface area contributed by atoms with E-state index in [0.717, 1.165) is 0 Å². The lowest BCUT2D eigenvalue weighted by atomic mass is 9.94. The van der Waals surface area contributed by atoms with Gasteiger partial charge in [-0.15, -0.1) is 0 Å². The van der Waals surface area contributed by atoms with Gasteiger partial charge in [0, 0.05) is 24.4 Å². The molecule has 0 spiro atoms. The summed E-state index contributed by atoms with van der Waals surface area (Å²) in [5.41, 5.74) is 2.06. The van der Waals surface area contributed by atoms with Gasteiger partial charge in [0.1, 0.15) is 17.2 Å². The average molecular weight is 434 g/mol. The third kappa shape index (κ3) is 3.18. The molecule has 164 valence electrons. The van der Waals surface area contributed by atoms with Crippen molar-refractivity contribution in [2.24, 2.45) is 0 Å². The highest BCUT2D eigenvalue weighted by Crippen LogP contribution is 2.42. The maximum Gasteiger partial charge on any atom is 0.301 e. The van der Waals surface area contributed by atoms with Crippen molar-refractivity contribution in [2.45, 2.75) is 26.8 Å². The van der Waals surface area contributed by atoms with Crippen molar-refractivity contribution in [1.29, 1.82) is 0 Å². The molecule has 1 unspecified atom stereocenters. The van der Waals surface area contributed by atoms with Crippen molar-refractivity contribution < 1.29 is 24.0 Å². The van der Waals surface area contributed by atoms with E-state index < -0.39 is 17.7 Å². The summed E-state index contributed by atoms with van der Waals surface area (Å²) in [6, 6.07) is 9.52. The van der Waals surface area contributed by atoms with E-state index in [2.05, 4.69) is 15.5 Å². The van der Waals surface area contributed by atoms with Crippen LogP contribution in [-0.2, 0) is 9.59 Å². The maximum absolute atomic E-state index is 13.2. The lowest BCUT2D eigenvalue weighted by molar-refractivity contribution is -0.132. The molecule has 4 rings (SSSR count). The quantitative estimate of drug-likeness (QED) is 0.329. The molecule has 3 heterocycles. The number of ketones is 1. The number of aromatic nitrogens is 2. The molecule has 9 heteroatoms. The molecule has 0 aliphatic carbocycles. The second-order valence-corrected chi connectivity index (χ2v) is 7.58. The molecule has 2 amide bonds. The number of benzene rings is 1. The Morgan fingerprint density at radius 2 is 1.88 bits per heavy atom. The van der Waals surface area contributed by atoms with Crippen molar-refractivity contribution in [1.82, 2.24) is 15.5 Å². The van der Waals surface area contributed by atoms with E-state index in [1.165, 1.54) is 11.9 Å². The minimum Gasteiger partial charge on any atom is -0.507 e. The van der Waals surface area contributed by atoms with E-state index in [1.54, 1.807) is 51.1 Å². The van der Waals surface area contributed by atoms with Crippen LogP contribution in [0.1, 0.15) is 44.7 Å². The Hall–Kier alpha value is -4.14. The lowest BCUT2D eigenvalue weighted by Crippen LogP contribution is -2.29. The molecule has 9 nitrogen and oxygen atoms in total. The molecule has 3 aromatic rings. The summed E-state index contributed by atoms with van der Waals surface area (Å²) in [4.78, 5) is 42.6. The van der Waals surface area contributed by atoms with Crippen molar-refractivity contribution in [3.63, 3.8) is 0 Å². The summed E-state index contributed by atoms with van der Waals surface area (Å²) in [7, 11) is 1.50. The molecule has 0 saturated carbocycles. The van der Waals surface area contributed by atoms with E-state index in [4.69, 9.17) is 4.52 Å². The van der Waals surface area contributed by atoms with E-state index in [-0.39, 0.29) is 28.8 Å². The Balaban J connectivity index is 1.97. The van der Waals surface area contributed by atoms with Crippen LogP contribution in [0, 0.1) is 20.8 Å². The highest BCUT2D eigenvalue weighted by Gasteiger charge is 2.48. The molecule has 2 aromatic heterocycles.